The van der Waals surface area contributed by atoms with E-state index in [1.54, 1.807) is 24.0 Å². The monoisotopic (exact) mass is 391 g/mol. The van der Waals surface area contributed by atoms with Crippen LogP contribution < -0.4 is 5.56 Å². The molecule has 0 amide bonds. The van der Waals surface area contributed by atoms with E-state index in [-0.39, 0.29) is 5.56 Å². The van der Waals surface area contributed by atoms with Gasteiger partial charge in [-0.3, -0.25) is 9.20 Å². The number of thioether (sulfide) groups is 1. The van der Waals surface area contributed by atoms with Crippen LogP contribution in [0.15, 0.2) is 38.8 Å². The van der Waals surface area contributed by atoms with Crippen LogP contribution in [-0.4, -0.2) is 24.1 Å². The number of hydrogen-bond donors (Lipinski definition) is 0. The second-order valence-corrected chi connectivity index (χ2v) is 7.44. The van der Waals surface area contributed by atoms with Gasteiger partial charge in [-0.1, -0.05) is 11.8 Å². The fourth-order valence-electron chi connectivity index (χ4n) is 2.54. The van der Waals surface area contributed by atoms with Crippen LogP contribution in [0.3, 0.4) is 0 Å². The summed E-state index contributed by atoms with van der Waals surface area (Å²) >= 11 is 4.95. The molecule has 6 nitrogen and oxygen atoms in total. The number of rotatable bonds is 4. The Balaban J connectivity index is 1.61. The second-order valence-electron chi connectivity index (χ2n) is 5.58. The van der Waals surface area contributed by atoms with E-state index in [0.29, 0.717) is 17.4 Å². The van der Waals surface area contributed by atoms with Gasteiger partial charge in [0.05, 0.1) is 5.69 Å². The molecule has 8 heteroatoms. The van der Waals surface area contributed by atoms with Crippen molar-refractivity contribution in [1.82, 2.24) is 24.1 Å². The molecule has 1 aliphatic rings. The first-order valence-corrected chi connectivity index (χ1v) is 9.12. The molecule has 1 fully saturated rings. The topological polar surface area (TPSA) is 65.1 Å². The summed E-state index contributed by atoms with van der Waals surface area (Å²) in [7, 11) is 0. The summed E-state index contributed by atoms with van der Waals surface area (Å²) in [5.41, 5.74) is 1.33. The van der Waals surface area contributed by atoms with Gasteiger partial charge in [0.1, 0.15) is 11.5 Å². The van der Waals surface area contributed by atoms with Crippen LogP contribution in [0.25, 0.3) is 5.65 Å². The SMILES string of the molecule is Cc1nnc(SCc2cc(=O)n3cc(Br)ccc3n2)n1C1CC1. The Morgan fingerprint density at radius 2 is 2.17 bits per heavy atom. The van der Waals surface area contributed by atoms with Crippen LogP contribution in [0.1, 0.15) is 30.4 Å². The molecule has 0 unspecified atom stereocenters. The van der Waals surface area contributed by atoms with Crippen molar-refractivity contribution in [2.24, 2.45) is 0 Å². The van der Waals surface area contributed by atoms with E-state index in [2.05, 4.69) is 35.7 Å². The summed E-state index contributed by atoms with van der Waals surface area (Å²) in [5.74, 6) is 1.55. The molecule has 0 atom stereocenters. The van der Waals surface area contributed by atoms with E-state index in [1.165, 1.54) is 17.2 Å². The molecule has 3 aromatic rings. The maximum absolute atomic E-state index is 12.2. The highest BCUT2D eigenvalue weighted by atomic mass is 79.9. The summed E-state index contributed by atoms with van der Waals surface area (Å²) in [6, 6.07) is 5.83. The summed E-state index contributed by atoms with van der Waals surface area (Å²) in [6.07, 6.45) is 4.11. The predicted molar refractivity (Wildman–Crippen MR) is 91.8 cm³/mol. The van der Waals surface area contributed by atoms with Gasteiger partial charge in [-0.05, 0) is 47.8 Å². The first-order valence-electron chi connectivity index (χ1n) is 7.34. The fourth-order valence-corrected chi connectivity index (χ4v) is 3.82. The van der Waals surface area contributed by atoms with Crippen molar-refractivity contribution in [3.05, 3.63) is 50.7 Å². The molecule has 0 aromatic carbocycles. The quantitative estimate of drug-likeness (QED) is 0.639. The number of aromatic nitrogens is 5. The molecule has 0 aliphatic heterocycles. The number of nitrogens with zero attached hydrogens (tertiary/aromatic N) is 5. The molecule has 0 saturated heterocycles. The fraction of sp³-hybridized carbons (Fsp3) is 0.333. The average Bonchev–Trinajstić information content (AvgIpc) is 3.29. The highest BCUT2D eigenvalue weighted by Gasteiger charge is 2.28. The Labute approximate surface area is 145 Å². The zero-order valence-electron chi connectivity index (χ0n) is 12.4. The van der Waals surface area contributed by atoms with Crippen LogP contribution >= 0.6 is 27.7 Å². The van der Waals surface area contributed by atoms with Crippen LogP contribution in [0.4, 0.5) is 0 Å². The second kappa shape index (κ2) is 5.76. The summed E-state index contributed by atoms with van der Waals surface area (Å²) in [6.45, 7) is 1.98. The minimum atomic E-state index is -0.0771. The first-order chi connectivity index (χ1) is 11.1. The van der Waals surface area contributed by atoms with Gasteiger partial charge in [-0.2, -0.15) is 0 Å². The minimum absolute atomic E-state index is 0.0771. The molecule has 0 bridgehead atoms. The number of fused-ring (bicyclic) bond motifs is 1. The third-order valence-corrected chi connectivity index (χ3v) is 5.22. The molecule has 1 aliphatic carbocycles. The molecule has 0 N–H and O–H groups in total. The van der Waals surface area contributed by atoms with Crippen LogP contribution in [0, 0.1) is 6.92 Å². The maximum atomic E-state index is 12.2. The maximum Gasteiger partial charge on any atom is 0.258 e. The Kier molecular flexibility index (Phi) is 3.73. The smallest absolute Gasteiger partial charge is 0.258 e. The third-order valence-electron chi connectivity index (χ3n) is 3.77. The van der Waals surface area contributed by atoms with Gasteiger partial charge in [0.2, 0.25) is 0 Å². The number of hydrogen-bond acceptors (Lipinski definition) is 5. The normalized spacial score (nSPS) is 14.5. The Morgan fingerprint density at radius 1 is 1.35 bits per heavy atom. The van der Waals surface area contributed by atoms with Crippen molar-refractivity contribution < 1.29 is 0 Å². The van der Waals surface area contributed by atoms with Crippen molar-refractivity contribution in [3.8, 4) is 0 Å². The Hall–Kier alpha value is -1.67. The summed E-state index contributed by atoms with van der Waals surface area (Å²) in [4.78, 5) is 16.8. The molecule has 118 valence electrons. The molecule has 0 spiro atoms. The van der Waals surface area contributed by atoms with E-state index < -0.39 is 0 Å². The number of halogens is 1. The third kappa shape index (κ3) is 2.92. The van der Waals surface area contributed by atoms with Crippen LogP contribution in [-0.2, 0) is 5.75 Å². The van der Waals surface area contributed by atoms with Gasteiger partial charge in [0.25, 0.3) is 5.56 Å². The van der Waals surface area contributed by atoms with E-state index >= 15 is 0 Å². The van der Waals surface area contributed by atoms with Crippen molar-refractivity contribution in [3.63, 3.8) is 0 Å². The van der Waals surface area contributed by atoms with Gasteiger partial charge in [0, 0.05) is 28.5 Å². The van der Waals surface area contributed by atoms with Crippen molar-refractivity contribution in [1.29, 1.82) is 0 Å². The lowest BCUT2D eigenvalue weighted by Crippen LogP contribution is -2.15. The van der Waals surface area contributed by atoms with Crippen LogP contribution in [0.2, 0.25) is 0 Å². The predicted octanol–water partition coefficient (Wildman–Crippen LogP) is 2.98. The highest BCUT2D eigenvalue weighted by molar-refractivity contribution is 9.10. The van der Waals surface area contributed by atoms with Gasteiger partial charge < -0.3 is 4.57 Å². The zero-order valence-corrected chi connectivity index (χ0v) is 14.8. The number of aryl methyl sites for hydroxylation is 1. The van der Waals surface area contributed by atoms with E-state index in [0.717, 1.165) is 21.1 Å². The Morgan fingerprint density at radius 3 is 2.96 bits per heavy atom. The average molecular weight is 392 g/mol. The standard InChI is InChI=1S/C15H14BrN5OS/c1-9-18-19-15(21(9)12-3-4-12)23-8-11-6-14(22)20-7-10(16)2-5-13(20)17-11/h2,5-7,12H,3-4,8H2,1H3. The van der Waals surface area contributed by atoms with E-state index in [9.17, 15) is 4.79 Å². The van der Waals surface area contributed by atoms with E-state index in [1.807, 2.05) is 19.1 Å². The molecule has 3 heterocycles. The molecule has 4 rings (SSSR count). The molecular weight excluding hydrogens is 378 g/mol. The highest BCUT2D eigenvalue weighted by Crippen LogP contribution is 2.38. The van der Waals surface area contributed by atoms with Crippen LogP contribution in [0.5, 0.6) is 0 Å². The molecule has 1 saturated carbocycles. The lowest BCUT2D eigenvalue weighted by Gasteiger charge is -2.07. The largest absolute Gasteiger partial charge is 0.303 e. The first kappa shape index (κ1) is 14.9. The molecule has 0 radical (unpaired) electrons. The van der Waals surface area contributed by atoms with Crippen molar-refractivity contribution in [2.75, 3.05) is 0 Å². The van der Waals surface area contributed by atoms with Gasteiger partial charge in [-0.25, -0.2) is 4.98 Å². The number of pyridine rings is 1. The van der Waals surface area contributed by atoms with E-state index in [4.69, 9.17) is 0 Å². The Bertz CT molecular complexity index is 947. The molecular formula is C15H14BrN5OS. The lowest BCUT2D eigenvalue weighted by molar-refractivity contribution is 0.644. The van der Waals surface area contributed by atoms with Crippen molar-refractivity contribution >= 4 is 33.3 Å². The molecule has 3 aromatic heterocycles. The van der Waals surface area contributed by atoms with Crippen molar-refractivity contribution in [2.45, 2.75) is 36.7 Å². The minimum Gasteiger partial charge on any atom is -0.303 e. The van der Waals surface area contributed by atoms with Gasteiger partial charge in [-0.15, -0.1) is 10.2 Å². The lowest BCUT2D eigenvalue weighted by atomic mass is 10.4. The summed E-state index contributed by atoms with van der Waals surface area (Å²) < 4.78 is 4.58. The van der Waals surface area contributed by atoms with Gasteiger partial charge in [0.15, 0.2) is 5.16 Å². The molecule has 23 heavy (non-hydrogen) atoms. The summed E-state index contributed by atoms with van der Waals surface area (Å²) in [5, 5.41) is 9.32. The van der Waals surface area contributed by atoms with Gasteiger partial charge >= 0.3 is 0 Å². The zero-order chi connectivity index (χ0) is 16.0.